The zero-order valence-corrected chi connectivity index (χ0v) is 10.0. The minimum atomic E-state index is 0.611. The maximum Gasteiger partial charge on any atom is 0.224 e. The normalized spacial score (nSPS) is 10.1. The molecule has 5 nitrogen and oxygen atoms in total. The van der Waals surface area contributed by atoms with E-state index < -0.39 is 0 Å². The molecule has 0 saturated carbocycles. The Labute approximate surface area is 98.0 Å². The van der Waals surface area contributed by atoms with Crippen molar-refractivity contribution in [2.45, 2.75) is 13.5 Å². The van der Waals surface area contributed by atoms with Crippen LogP contribution in [0.15, 0.2) is 17.6 Å². The third kappa shape index (κ3) is 2.66. The molecular weight excluding hydrogens is 222 g/mol. The van der Waals surface area contributed by atoms with Gasteiger partial charge in [-0.05, 0) is 13.0 Å². The topological polar surface area (TPSA) is 62.7 Å². The van der Waals surface area contributed by atoms with Gasteiger partial charge in [0.1, 0.15) is 5.82 Å². The fraction of sp³-hybridized carbons (Fsp3) is 0.300. The number of hydrogen-bond donors (Lipinski definition) is 2. The van der Waals surface area contributed by atoms with Crippen LogP contribution >= 0.6 is 11.3 Å². The zero-order valence-electron chi connectivity index (χ0n) is 9.19. The maximum absolute atomic E-state index is 4.37. The minimum absolute atomic E-state index is 0.611. The Morgan fingerprint density at radius 3 is 2.94 bits per heavy atom. The van der Waals surface area contributed by atoms with E-state index in [2.05, 4.69) is 25.6 Å². The lowest BCUT2D eigenvalue weighted by Gasteiger charge is -2.04. The molecule has 0 fully saturated rings. The van der Waals surface area contributed by atoms with Gasteiger partial charge in [-0.1, -0.05) is 0 Å². The summed E-state index contributed by atoms with van der Waals surface area (Å²) in [5, 5.41) is 9.22. The summed E-state index contributed by atoms with van der Waals surface area (Å²) in [4.78, 5) is 12.7. The van der Waals surface area contributed by atoms with E-state index in [4.69, 9.17) is 0 Å². The van der Waals surface area contributed by atoms with Gasteiger partial charge in [0.05, 0.1) is 17.2 Å². The lowest BCUT2D eigenvalue weighted by molar-refractivity contribution is 1.03. The summed E-state index contributed by atoms with van der Waals surface area (Å²) in [5.74, 6) is 1.41. The highest BCUT2D eigenvalue weighted by Gasteiger charge is 2.00. The van der Waals surface area contributed by atoms with E-state index in [1.54, 1.807) is 24.6 Å². The molecule has 0 aromatic carbocycles. The van der Waals surface area contributed by atoms with Gasteiger partial charge in [0.2, 0.25) is 5.95 Å². The molecule has 2 N–H and O–H groups in total. The van der Waals surface area contributed by atoms with Crippen LogP contribution in [0.25, 0.3) is 0 Å². The number of nitrogens with one attached hydrogen (secondary N) is 2. The molecule has 2 aromatic rings. The molecule has 84 valence electrons. The molecule has 0 atom stereocenters. The lowest BCUT2D eigenvalue weighted by Crippen LogP contribution is -2.04. The van der Waals surface area contributed by atoms with Crippen LogP contribution in [0, 0.1) is 6.92 Å². The van der Waals surface area contributed by atoms with Crippen LogP contribution in [-0.4, -0.2) is 22.0 Å². The molecule has 6 heteroatoms. The Kier molecular flexibility index (Phi) is 3.31. The van der Waals surface area contributed by atoms with Gasteiger partial charge in [0, 0.05) is 18.6 Å². The molecule has 2 aromatic heterocycles. The van der Waals surface area contributed by atoms with E-state index >= 15 is 0 Å². The highest BCUT2D eigenvalue weighted by molar-refractivity contribution is 7.09. The van der Waals surface area contributed by atoms with Crippen molar-refractivity contribution >= 4 is 23.1 Å². The van der Waals surface area contributed by atoms with Crippen molar-refractivity contribution in [1.29, 1.82) is 0 Å². The molecule has 2 heterocycles. The molecule has 0 radical (unpaired) electrons. The molecule has 0 bridgehead atoms. The predicted octanol–water partition coefficient (Wildman–Crippen LogP) is 1.90. The molecule has 0 aliphatic carbocycles. The maximum atomic E-state index is 4.37. The van der Waals surface area contributed by atoms with Crippen molar-refractivity contribution in [1.82, 2.24) is 15.0 Å². The number of aromatic nitrogens is 3. The first-order valence-electron chi connectivity index (χ1n) is 4.93. The first-order valence-corrected chi connectivity index (χ1v) is 5.81. The van der Waals surface area contributed by atoms with E-state index in [0.29, 0.717) is 12.5 Å². The van der Waals surface area contributed by atoms with E-state index in [0.717, 1.165) is 16.5 Å². The first-order chi connectivity index (χ1) is 7.78. The summed E-state index contributed by atoms with van der Waals surface area (Å²) in [6.45, 7) is 2.68. The van der Waals surface area contributed by atoms with Crippen molar-refractivity contribution < 1.29 is 0 Å². The van der Waals surface area contributed by atoms with Crippen LogP contribution in [0.3, 0.4) is 0 Å². The molecule has 0 aliphatic heterocycles. The highest BCUT2D eigenvalue weighted by atomic mass is 32.1. The van der Waals surface area contributed by atoms with E-state index in [1.807, 2.05) is 18.4 Å². The van der Waals surface area contributed by atoms with Crippen LogP contribution in [0.4, 0.5) is 11.8 Å². The average Bonchev–Trinajstić information content (AvgIpc) is 2.73. The second kappa shape index (κ2) is 4.89. The van der Waals surface area contributed by atoms with Crippen LogP contribution in [0.1, 0.15) is 10.7 Å². The fourth-order valence-electron chi connectivity index (χ4n) is 1.25. The van der Waals surface area contributed by atoms with Crippen molar-refractivity contribution in [3.8, 4) is 0 Å². The monoisotopic (exact) mass is 235 g/mol. The molecule has 0 spiro atoms. The molecule has 0 unspecified atom stereocenters. The fourth-order valence-corrected chi connectivity index (χ4v) is 1.86. The number of anilines is 2. The Balaban J connectivity index is 1.99. The van der Waals surface area contributed by atoms with Gasteiger partial charge < -0.3 is 10.6 Å². The van der Waals surface area contributed by atoms with Crippen LogP contribution in [-0.2, 0) is 6.54 Å². The zero-order chi connectivity index (χ0) is 11.4. The van der Waals surface area contributed by atoms with Gasteiger partial charge in [0.15, 0.2) is 0 Å². The van der Waals surface area contributed by atoms with Gasteiger partial charge in [-0.3, -0.25) is 0 Å². The van der Waals surface area contributed by atoms with Gasteiger partial charge in [-0.15, -0.1) is 11.3 Å². The van der Waals surface area contributed by atoms with E-state index in [1.165, 1.54) is 0 Å². The summed E-state index contributed by atoms with van der Waals surface area (Å²) < 4.78 is 0. The Hall–Kier alpha value is -1.69. The third-order valence-corrected chi connectivity index (χ3v) is 2.82. The summed E-state index contributed by atoms with van der Waals surface area (Å²) in [6, 6.07) is 1.83. The van der Waals surface area contributed by atoms with Gasteiger partial charge in [0.25, 0.3) is 0 Å². The smallest absolute Gasteiger partial charge is 0.224 e. The predicted molar refractivity (Wildman–Crippen MR) is 65.8 cm³/mol. The summed E-state index contributed by atoms with van der Waals surface area (Å²) in [6.07, 6.45) is 1.72. The highest BCUT2D eigenvalue weighted by Crippen LogP contribution is 2.10. The minimum Gasteiger partial charge on any atom is -0.364 e. The largest absolute Gasteiger partial charge is 0.364 e. The number of hydrogen-bond acceptors (Lipinski definition) is 6. The van der Waals surface area contributed by atoms with Gasteiger partial charge in [-0.25, -0.2) is 9.97 Å². The third-order valence-electron chi connectivity index (χ3n) is 2.00. The van der Waals surface area contributed by atoms with Crippen LogP contribution in [0.2, 0.25) is 0 Å². The van der Waals surface area contributed by atoms with Crippen LogP contribution in [0.5, 0.6) is 0 Å². The number of aryl methyl sites for hydroxylation is 1. The standard InChI is InChI=1S/C10H13N5S/c1-7-14-8(6-16-7)5-13-9-3-4-12-10(11-2)15-9/h3-4,6H,5H2,1-2H3,(H2,11,12,13,15). The SMILES string of the molecule is CNc1nccc(NCc2csc(C)n2)n1. The number of nitrogens with zero attached hydrogens (tertiary/aromatic N) is 3. The second-order valence-corrected chi connectivity index (χ2v) is 4.29. The van der Waals surface area contributed by atoms with E-state index in [-0.39, 0.29) is 0 Å². The molecular formula is C10H13N5S. The Morgan fingerprint density at radius 1 is 1.38 bits per heavy atom. The summed E-state index contributed by atoms with van der Waals surface area (Å²) in [7, 11) is 1.79. The molecule has 0 amide bonds. The first kappa shape index (κ1) is 10.8. The molecule has 0 aliphatic rings. The molecule has 16 heavy (non-hydrogen) atoms. The number of rotatable bonds is 4. The molecule has 2 rings (SSSR count). The van der Waals surface area contributed by atoms with Gasteiger partial charge in [-0.2, -0.15) is 4.98 Å². The summed E-state index contributed by atoms with van der Waals surface area (Å²) in [5.41, 5.74) is 1.03. The lowest BCUT2D eigenvalue weighted by atomic mass is 10.4. The van der Waals surface area contributed by atoms with E-state index in [9.17, 15) is 0 Å². The van der Waals surface area contributed by atoms with Crippen molar-refractivity contribution in [2.24, 2.45) is 0 Å². The molecule has 0 saturated heterocycles. The quantitative estimate of drug-likeness (QED) is 0.847. The average molecular weight is 235 g/mol. The van der Waals surface area contributed by atoms with Gasteiger partial charge >= 0.3 is 0 Å². The second-order valence-electron chi connectivity index (χ2n) is 3.23. The summed E-state index contributed by atoms with van der Waals surface area (Å²) >= 11 is 1.65. The van der Waals surface area contributed by atoms with Crippen molar-refractivity contribution in [3.05, 3.63) is 28.3 Å². The Morgan fingerprint density at radius 2 is 2.25 bits per heavy atom. The van der Waals surface area contributed by atoms with Crippen LogP contribution < -0.4 is 10.6 Å². The number of thiazole rings is 1. The van der Waals surface area contributed by atoms with Crippen molar-refractivity contribution in [2.75, 3.05) is 17.7 Å². The Bertz CT molecular complexity index is 468. The van der Waals surface area contributed by atoms with Crippen molar-refractivity contribution in [3.63, 3.8) is 0 Å².